The summed E-state index contributed by atoms with van der Waals surface area (Å²) in [7, 11) is 0. The van der Waals surface area contributed by atoms with Crippen molar-refractivity contribution in [2.45, 2.75) is 19.4 Å². The van der Waals surface area contributed by atoms with E-state index in [0.29, 0.717) is 19.5 Å². The second kappa shape index (κ2) is 4.18. The van der Waals surface area contributed by atoms with Crippen molar-refractivity contribution in [3.8, 4) is 0 Å². The molecule has 1 fully saturated rings. The molecule has 0 aromatic heterocycles. The molecule has 0 aromatic carbocycles. The van der Waals surface area contributed by atoms with Crippen LogP contribution in [0.15, 0.2) is 12.7 Å². The summed E-state index contributed by atoms with van der Waals surface area (Å²) in [4.78, 5) is 24.0. The molecule has 0 bridgehead atoms. The zero-order valence-corrected chi connectivity index (χ0v) is 7.75. The van der Waals surface area contributed by atoms with E-state index < -0.39 is 0 Å². The maximum atomic E-state index is 11.6. The van der Waals surface area contributed by atoms with Crippen molar-refractivity contribution in [2.24, 2.45) is 0 Å². The van der Waals surface area contributed by atoms with Gasteiger partial charge >= 0.3 is 0 Å². The molecule has 2 amide bonds. The molecule has 0 spiro atoms. The van der Waals surface area contributed by atoms with Gasteiger partial charge in [0.15, 0.2) is 0 Å². The lowest BCUT2D eigenvalue weighted by molar-refractivity contribution is -0.145. The maximum Gasteiger partial charge on any atom is 0.252 e. The molecule has 72 valence electrons. The van der Waals surface area contributed by atoms with Crippen LogP contribution in [0.25, 0.3) is 0 Å². The Morgan fingerprint density at radius 1 is 1.85 bits per heavy atom. The first kappa shape index (κ1) is 9.92. The predicted octanol–water partition coefficient (Wildman–Crippen LogP) is -0.0906. The molecule has 1 unspecified atom stereocenters. The van der Waals surface area contributed by atoms with Gasteiger partial charge in [-0.05, 0) is 12.5 Å². The van der Waals surface area contributed by atoms with Gasteiger partial charge < -0.3 is 5.32 Å². The lowest BCUT2D eigenvalue weighted by Gasteiger charge is -2.30. The van der Waals surface area contributed by atoms with Crippen molar-refractivity contribution in [1.29, 1.82) is 0 Å². The summed E-state index contributed by atoms with van der Waals surface area (Å²) in [5.41, 5.74) is 0. The van der Waals surface area contributed by atoms with E-state index in [0.717, 1.165) is 0 Å². The fraction of sp³-hybridized carbons (Fsp3) is 0.556. The minimum atomic E-state index is -0.301. The topological polar surface area (TPSA) is 49.4 Å². The van der Waals surface area contributed by atoms with E-state index in [1.165, 1.54) is 11.0 Å². The Morgan fingerprint density at radius 2 is 2.54 bits per heavy atom. The van der Waals surface area contributed by atoms with E-state index in [2.05, 4.69) is 11.9 Å². The smallest absolute Gasteiger partial charge is 0.252 e. The molecule has 4 heteroatoms. The largest absolute Gasteiger partial charge is 0.304 e. The van der Waals surface area contributed by atoms with Crippen molar-refractivity contribution in [3.05, 3.63) is 12.7 Å². The summed E-state index contributed by atoms with van der Waals surface area (Å²) >= 11 is 0. The van der Waals surface area contributed by atoms with Crippen molar-refractivity contribution in [1.82, 2.24) is 10.2 Å². The van der Waals surface area contributed by atoms with Gasteiger partial charge in [-0.15, -0.1) is 0 Å². The van der Waals surface area contributed by atoms with Gasteiger partial charge in [-0.1, -0.05) is 13.5 Å². The van der Waals surface area contributed by atoms with E-state index in [1.54, 1.807) is 0 Å². The number of hydrogen-bond acceptors (Lipinski definition) is 3. The molecule has 13 heavy (non-hydrogen) atoms. The quantitative estimate of drug-likeness (QED) is 0.607. The molecule has 1 atom stereocenters. The van der Waals surface area contributed by atoms with Crippen LogP contribution in [-0.2, 0) is 9.59 Å². The molecule has 1 saturated heterocycles. The molecule has 4 nitrogen and oxygen atoms in total. The first-order chi connectivity index (χ1) is 6.20. The van der Waals surface area contributed by atoms with Crippen LogP contribution in [0, 0.1) is 0 Å². The highest BCUT2D eigenvalue weighted by atomic mass is 16.2. The summed E-state index contributed by atoms with van der Waals surface area (Å²) in [6.45, 7) is 6.39. The number of carbonyl (C=O) groups is 2. The standard InChI is InChI=1S/C9H14N2O2/c1-3-7-9(13)11(6-5-10-7)8(12)4-2/h4,7,10H,2-3,5-6H2,1H3. The van der Waals surface area contributed by atoms with Crippen LogP contribution >= 0.6 is 0 Å². The second-order valence-corrected chi connectivity index (χ2v) is 2.95. The number of carbonyl (C=O) groups excluding carboxylic acids is 2. The van der Waals surface area contributed by atoms with Crippen molar-refractivity contribution >= 4 is 11.8 Å². The van der Waals surface area contributed by atoms with E-state index in [1.807, 2.05) is 6.92 Å². The minimum Gasteiger partial charge on any atom is -0.304 e. The van der Waals surface area contributed by atoms with Crippen LogP contribution in [0.2, 0.25) is 0 Å². The van der Waals surface area contributed by atoms with Crippen LogP contribution in [0.4, 0.5) is 0 Å². The van der Waals surface area contributed by atoms with Crippen molar-refractivity contribution in [3.63, 3.8) is 0 Å². The molecule has 0 radical (unpaired) electrons. The number of amides is 2. The molecular formula is C9H14N2O2. The maximum absolute atomic E-state index is 11.6. The first-order valence-electron chi connectivity index (χ1n) is 4.41. The molecule has 1 heterocycles. The van der Waals surface area contributed by atoms with Crippen LogP contribution < -0.4 is 5.32 Å². The van der Waals surface area contributed by atoms with Crippen LogP contribution in [0.3, 0.4) is 0 Å². The van der Waals surface area contributed by atoms with Gasteiger partial charge in [0.1, 0.15) is 0 Å². The van der Waals surface area contributed by atoms with Gasteiger partial charge in [0.05, 0.1) is 6.04 Å². The van der Waals surface area contributed by atoms with Crippen LogP contribution in [-0.4, -0.2) is 35.8 Å². The highest BCUT2D eigenvalue weighted by molar-refractivity contribution is 6.02. The van der Waals surface area contributed by atoms with E-state index in [4.69, 9.17) is 0 Å². The third kappa shape index (κ3) is 1.95. The van der Waals surface area contributed by atoms with Gasteiger partial charge in [-0.2, -0.15) is 0 Å². The van der Waals surface area contributed by atoms with Gasteiger partial charge in [-0.25, -0.2) is 0 Å². The average molecular weight is 182 g/mol. The predicted molar refractivity (Wildman–Crippen MR) is 49.0 cm³/mol. The average Bonchev–Trinajstić information content (AvgIpc) is 2.17. The van der Waals surface area contributed by atoms with Gasteiger partial charge in [0.2, 0.25) is 5.91 Å². The number of rotatable bonds is 2. The Bertz CT molecular complexity index is 238. The highest BCUT2D eigenvalue weighted by Gasteiger charge is 2.29. The number of hydrogen-bond donors (Lipinski definition) is 1. The summed E-state index contributed by atoms with van der Waals surface area (Å²) < 4.78 is 0. The summed E-state index contributed by atoms with van der Waals surface area (Å²) in [5, 5.41) is 3.05. The molecule has 1 aliphatic heterocycles. The Hall–Kier alpha value is -1.16. The molecule has 1 rings (SSSR count). The summed E-state index contributed by atoms with van der Waals surface area (Å²) in [5.74, 6) is -0.441. The van der Waals surface area contributed by atoms with Gasteiger partial charge in [-0.3, -0.25) is 14.5 Å². The molecule has 0 saturated carbocycles. The lowest BCUT2D eigenvalue weighted by atomic mass is 10.1. The fourth-order valence-electron chi connectivity index (χ4n) is 1.38. The molecule has 0 aliphatic carbocycles. The number of nitrogens with zero attached hydrogens (tertiary/aromatic N) is 1. The Kier molecular flexibility index (Phi) is 3.19. The fourth-order valence-corrected chi connectivity index (χ4v) is 1.38. The normalized spacial score (nSPS) is 23.0. The van der Waals surface area contributed by atoms with Crippen molar-refractivity contribution in [2.75, 3.05) is 13.1 Å². The van der Waals surface area contributed by atoms with Crippen LogP contribution in [0.1, 0.15) is 13.3 Å². The van der Waals surface area contributed by atoms with E-state index in [-0.39, 0.29) is 17.9 Å². The Morgan fingerprint density at radius 3 is 3.08 bits per heavy atom. The first-order valence-corrected chi connectivity index (χ1v) is 4.41. The second-order valence-electron chi connectivity index (χ2n) is 2.95. The Balaban J connectivity index is 2.70. The molecule has 0 aromatic rings. The van der Waals surface area contributed by atoms with E-state index >= 15 is 0 Å². The third-order valence-corrected chi connectivity index (χ3v) is 2.14. The summed E-state index contributed by atoms with van der Waals surface area (Å²) in [6.07, 6.45) is 1.88. The monoisotopic (exact) mass is 182 g/mol. The van der Waals surface area contributed by atoms with Gasteiger partial charge in [0.25, 0.3) is 5.91 Å². The summed E-state index contributed by atoms with van der Waals surface area (Å²) in [6, 6.07) is -0.211. The van der Waals surface area contributed by atoms with E-state index in [9.17, 15) is 9.59 Å². The molecule has 1 aliphatic rings. The number of imide groups is 1. The molecule has 1 N–H and O–H groups in total. The van der Waals surface area contributed by atoms with Gasteiger partial charge in [0, 0.05) is 13.1 Å². The zero-order valence-electron chi connectivity index (χ0n) is 7.75. The minimum absolute atomic E-state index is 0.140. The molecular weight excluding hydrogens is 168 g/mol. The highest BCUT2D eigenvalue weighted by Crippen LogP contribution is 2.04. The lowest BCUT2D eigenvalue weighted by Crippen LogP contribution is -2.56. The van der Waals surface area contributed by atoms with Crippen LogP contribution in [0.5, 0.6) is 0 Å². The van der Waals surface area contributed by atoms with Crippen molar-refractivity contribution < 1.29 is 9.59 Å². The third-order valence-electron chi connectivity index (χ3n) is 2.14. The number of piperazine rings is 1. The SMILES string of the molecule is C=CC(=O)N1CCNC(CC)C1=O. The Labute approximate surface area is 77.6 Å². The zero-order chi connectivity index (χ0) is 9.84. The number of nitrogens with one attached hydrogen (secondary N) is 1.